The first kappa shape index (κ1) is 21.0. The van der Waals surface area contributed by atoms with Crippen LogP contribution in [0.25, 0.3) is 0 Å². The number of anilines is 2. The summed E-state index contributed by atoms with van der Waals surface area (Å²) in [6.07, 6.45) is 3.20. The first-order valence-electron chi connectivity index (χ1n) is 8.96. The zero-order chi connectivity index (χ0) is 21.5. The van der Waals surface area contributed by atoms with Crippen LogP contribution >= 0.6 is 11.8 Å². The van der Waals surface area contributed by atoms with Gasteiger partial charge >= 0.3 is 0 Å². The van der Waals surface area contributed by atoms with Crippen molar-refractivity contribution in [2.24, 2.45) is 0 Å². The molecule has 0 radical (unpaired) electrons. The average molecular weight is 422 g/mol. The topological polar surface area (TPSA) is 114 Å². The van der Waals surface area contributed by atoms with E-state index in [2.05, 4.69) is 15.6 Å². The van der Waals surface area contributed by atoms with Crippen LogP contribution in [-0.4, -0.2) is 27.0 Å². The van der Waals surface area contributed by atoms with Crippen LogP contribution in [0.2, 0.25) is 0 Å². The molecule has 0 aliphatic heterocycles. The number of rotatable bonds is 7. The number of hydrogen-bond donors (Lipinski definition) is 2. The van der Waals surface area contributed by atoms with Gasteiger partial charge in [-0.3, -0.25) is 24.7 Å². The number of pyridine rings is 1. The van der Waals surface area contributed by atoms with E-state index >= 15 is 0 Å². The molecule has 1 heterocycles. The van der Waals surface area contributed by atoms with Crippen LogP contribution in [0.1, 0.15) is 17.3 Å². The number of nitrogens with zero attached hydrogens (tertiary/aromatic N) is 2. The van der Waals surface area contributed by atoms with Crippen LogP contribution in [0.5, 0.6) is 0 Å². The quantitative estimate of drug-likeness (QED) is 0.332. The zero-order valence-corrected chi connectivity index (χ0v) is 16.8. The molecule has 30 heavy (non-hydrogen) atoms. The summed E-state index contributed by atoms with van der Waals surface area (Å²) in [4.78, 5) is 39.8. The lowest BCUT2D eigenvalue weighted by atomic mass is 10.2. The average Bonchev–Trinajstić information content (AvgIpc) is 2.74. The normalized spacial score (nSPS) is 11.4. The molecule has 2 amide bonds. The summed E-state index contributed by atoms with van der Waals surface area (Å²) < 4.78 is 0. The molecule has 3 aromatic rings. The molecule has 152 valence electrons. The monoisotopic (exact) mass is 422 g/mol. The van der Waals surface area contributed by atoms with Gasteiger partial charge in [-0.25, -0.2) is 0 Å². The highest BCUT2D eigenvalue weighted by atomic mass is 32.2. The lowest BCUT2D eigenvalue weighted by Crippen LogP contribution is -2.22. The number of aromatic nitrogens is 1. The summed E-state index contributed by atoms with van der Waals surface area (Å²) >= 11 is 1.35. The molecular weight excluding hydrogens is 404 g/mol. The van der Waals surface area contributed by atoms with Gasteiger partial charge in [0.25, 0.3) is 11.6 Å². The van der Waals surface area contributed by atoms with Crippen LogP contribution in [-0.2, 0) is 4.79 Å². The minimum absolute atomic E-state index is 0.152. The number of hydrogen-bond acceptors (Lipinski definition) is 6. The molecule has 9 heteroatoms. The molecule has 0 aliphatic rings. The Balaban J connectivity index is 1.64. The van der Waals surface area contributed by atoms with E-state index in [4.69, 9.17) is 0 Å². The molecule has 0 spiro atoms. The van der Waals surface area contributed by atoms with Gasteiger partial charge in [0.15, 0.2) is 0 Å². The lowest BCUT2D eigenvalue weighted by molar-refractivity contribution is -0.384. The van der Waals surface area contributed by atoms with E-state index in [9.17, 15) is 19.7 Å². The van der Waals surface area contributed by atoms with Crippen molar-refractivity contribution in [1.29, 1.82) is 0 Å². The maximum Gasteiger partial charge on any atom is 0.270 e. The number of nitro groups is 1. The van der Waals surface area contributed by atoms with Gasteiger partial charge in [-0.05, 0) is 43.3 Å². The lowest BCUT2D eigenvalue weighted by Gasteiger charge is -2.13. The van der Waals surface area contributed by atoms with Crippen molar-refractivity contribution in [2.45, 2.75) is 17.1 Å². The standard InChI is InChI=1S/C21H18N4O4S/c1-14(20(26)23-16-8-10-22-11-9-16)30-19-7-3-5-17(13-19)24-21(27)15-4-2-6-18(12-15)25(28)29/h2-14H,1H3,(H,24,27)(H,22,23,26). The van der Waals surface area contributed by atoms with Crippen LogP contribution in [0, 0.1) is 10.1 Å². The van der Waals surface area contributed by atoms with Crippen molar-refractivity contribution in [3.8, 4) is 0 Å². The van der Waals surface area contributed by atoms with E-state index in [-0.39, 0.29) is 22.4 Å². The van der Waals surface area contributed by atoms with Gasteiger partial charge in [0.1, 0.15) is 0 Å². The number of carbonyl (C=O) groups excluding carboxylic acids is 2. The Kier molecular flexibility index (Phi) is 6.76. The largest absolute Gasteiger partial charge is 0.325 e. The summed E-state index contributed by atoms with van der Waals surface area (Å²) in [5.74, 6) is -0.610. The minimum atomic E-state index is -0.549. The third-order valence-corrected chi connectivity index (χ3v) is 5.13. The van der Waals surface area contributed by atoms with Crippen LogP contribution in [0.4, 0.5) is 17.1 Å². The van der Waals surface area contributed by atoms with Gasteiger partial charge in [-0.2, -0.15) is 0 Å². The molecule has 0 bridgehead atoms. The summed E-state index contributed by atoms with van der Waals surface area (Å²) in [6.45, 7) is 1.79. The van der Waals surface area contributed by atoms with Crippen LogP contribution < -0.4 is 10.6 Å². The van der Waals surface area contributed by atoms with Crippen molar-refractivity contribution in [3.63, 3.8) is 0 Å². The van der Waals surface area contributed by atoms with Crippen LogP contribution in [0.3, 0.4) is 0 Å². The smallest absolute Gasteiger partial charge is 0.270 e. The molecule has 1 atom stereocenters. The summed E-state index contributed by atoms with van der Waals surface area (Å²) in [7, 11) is 0. The van der Waals surface area contributed by atoms with Gasteiger partial charge in [-0.15, -0.1) is 11.8 Å². The predicted octanol–water partition coefficient (Wildman–Crippen LogP) is 4.36. The second-order valence-electron chi connectivity index (χ2n) is 6.27. The zero-order valence-electron chi connectivity index (χ0n) is 15.9. The fraction of sp³-hybridized carbons (Fsp3) is 0.0952. The molecule has 0 saturated carbocycles. The van der Waals surface area contributed by atoms with Crippen molar-refractivity contribution in [3.05, 3.63) is 88.7 Å². The third kappa shape index (κ3) is 5.65. The van der Waals surface area contributed by atoms with Gasteiger partial charge in [0.2, 0.25) is 5.91 Å². The van der Waals surface area contributed by atoms with Gasteiger partial charge < -0.3 is 10.6 Å². The number of carbonyl (C=O) groups is 2. The highest BCUT2D eigenvalue weighted by Gasteiger charge is 2.16. The molecule has 1 unspecified atom stereocenters. The van der Waals surface area contributed by atoms with E-state index in [0.29, 0.717) is 11.4 Å². The van der Waals surface area contributed by atoms with Crippen molar-refractivity contribution < 1.29 is 14.5 Å². The number of nitrogens with one attached hydrogen (secondary N) is 2. The molecule has 1 aromatic heterocycles. The molecule has 0 fully saturated rings. The molecule has 0 saturated heterocycles. The number of non-ortho nitro benzene ring substituents is 1. The summed E-state index contributed by atoms with van der Waals surface area (Å²) in [6, 6.07) is 16.0. The minimum Gasteiger partial charge on any atom is -0.325 e. The van der Waals surface area contributed by atoms with E-state index in [1.807, 2.05) is 6.07 Å². The summed E-state index contributed by atoms with van der Waals surface area (Å²) in [5.41, 5.74) is 1.23. The Labute approximate surface area is 176 Å². The molecular formula is C21H18N4O4S. The van der Waals surface area contributed by atoms with E-state index < -0.39 is 10.8 Å². The number of nitro benzene ring substituents is 1. The number of thioether (sulfide) groups is 1. The Morgan fingerprint density at radius 2 is 1.73 bits per heavy atom. The van der Waals surface area contributed by atoms with E-state index in [0.717, 1.165) is 4.90 Å². The Morgan fingerprint density at radius 1 is 1.00 bits per heavy atom. The van der Waals surface area contributed by atoms with E-state index in [1.165, 1.54) is 36.0 Å². The molecule has 0 aliphatic carbocycles. The van der Waals surface area contributed by atoms with Gasteiger partial charge in [0, 0.05) is 46.4 Å². The highest BCUT2D eigenvalue weighted by molar-refractivity contribution is 8.00. The Bertz CT molecular complexity index is 1080. The SMILES string of the molecule is CC(Sc1cccc(NC(=O)c2cccc([N+](=O)[O-])c2)c1)C(=O)Nc1ccncc1. The molecule has 2 aromatic carbocycles. The molecule has 8 nitrogen and oxygen atoms in total. The first-order valence-corrected chi connectivity index (χ1v) is 9.84. The molecule has 2 N–H and O–H groups in total. The Morgan fingerprint density at radius 3 is 2.47 bits per heavy atom. The predicted molar refractivity (Wildman–Crippen MR) is 116 cm³/mol. The maximum absolute atomic E-state index is 12.4. The van der Waals surface area contributed by atoms with E-state index in [1.54, 1.807) is 49.6 Å². The summed E-state index contributed by atoms with van der Waals surface area (Å²) in [5, 5.41) is 16.1. The number of benzene rings is 2. The second kappa shape index (κ2) is 9.66. The fourth-order valence-corrected chi connectivity index (χ4v) is 3.47. The number of amides is 2. The third-order valence-electron chi connectivity index (χ3n) is 4.04. The Hall–Kier alpha value is -3.72. The highest BCUT2D eigenvalue weighted by Crippen LogP contribution is 2.27. The second-order valence-corrected chi connectivity index (χ2v) is 7.69. The van der Waals surface area contributed by atoms with Gasteiger partial charge in [-0.1, -0.05) is 12.1 Å². The molecule has 3 rings (SSSR count). The van der Waals surface area contributed by atoms with Crippen LogP contribution in [0.15, 0.2) is 78.0 Å². The van der Waals surface area contributed by atoms with Crippen molar-refractivity contribution >= 4 is 40.6 Å². The fourth-order valence-electron chi connectivity index (χ4n) is 2.55. The first-order chi connectivity index (χ1) is 14.4. The van der Waals surface area contributed by atoms with Gasteiger partial charge in [0.05, 0.1) is 10.2 Å². The van der Waals surface area contributed by atoms with Crippen molar-refractivity contribution in [2.75, 3.05) is 10.6 Å². The van der Waals surface area contributed by atoms with Crippen molar-refractivity contribution in [1.82, 2.24) is 4.98 Å². The maximum atomic E-state index is 12.4.